The minimum atomic E-state index is 0.804. The fourth-order valence-corrected chi connectivity index (χ4v) is 18.7. The largest absolute Gasteiger partial charge is 0.143 e. The van der Waals surface area contributed by atoms with Gasteiger partial charge in [-0.25, -0.2) is 0 Å². The third-order valence-corrected chi connectivity index (χ3v) is 23.5. The highest BCUT2D eigenvalue weighted by Crippen LogP contribution is 2.52. The summed E-state index contributed by atoms with van der Waals surface area (Å²) >= 11 is 11.7. The molecule has 0 nitrogen and oxygen atoms in total. The Morgan fingerprint density at radius 1 is 0.329 bits per heavy atom. The molecule has 420 valence electrons. The first-order chi connectivity index (χ1) is 37.6. The maximum absolute atomic E-state index is 3.95. The van der Waals surface area contributed by atoms with Gasteiger partial charge in [0, 0.05) is 41.4 Å². The molecule has 0 spiro atoms. The molecule has 0 saturated carbocycles. The number of hydrogen-bond acceptors (Lipinski definition) is 6. The lowest BCUT2D eigenvalue weighted by molar-refractivity contribution is 0.383. The molecule has 6 aromatic rings. The normalized spacial score (nSPS) is 12.5. The monoisotopic (exact) mass is 1140 g/mol. The van der Waals surface area contributed by atoms with Gasteiger partial charge < -0.3 is 0 Å². The van der Waals surface area contributed by atoms with Crippen LogP contribution < -0.4 is 0 Å². The smallest absolute Gasteiger partial charge is 0.0634 e. The number of hydrogen-bond donors (Lipinski definition) is 0. The summed E-state index contributed by atoms with van der Waals surface area (Å²) in [5, 5.41) is 4.50. The van der Waals surface area contributed by atoms with E-state index in [2.05, 4.69) is 86.4 Å². The fraction of sp³-hybridized carbons (Fsp3) is 0.686. The van der Waals surface area contributed by atoms with Gasteiger partial charge in [-0.05, 0) is 59.7 Å². The standard InChI is InChI=1S/C70H104S6/c1-5-9-13-17-21-25-29-33-37-45-57(43-35-31-27-23-19-15-11-7-3)47-39-41-49-59-67(65-55-63-61(73-65)51-53-71-63)75-70-60(68(76-69(59)70)66-56-64-62(74-66)52-54-72-64)50-42-40-48-58(44-36-32-28-24-20-16-12-8-4)46-38-34-30-26-22-18-14-10-6-2/h51-58H,5-40,43-48H2,1-4H3. The average Bonchev–Trinajstić information content (AvgIpc) is 4.42. The third kappa shape index (κ3) is 22.9. The Morgan fingerprint density at radius 3 is 0.908 bits per heavy atom. The van der Waals surface area contributed by atoms with Gasteiger partial charge in [-0.2, -0.15) is 0 Å². The summed E-state index contributed by atoms with van der Waals surface area (Å²) in [6, 6.07) is 9.53. The van der Waals surface area contributed by atoms with Crippen LogP contribution in [-0.2, 0) is 0 Å². The van der Waals surface area contributed by atoms with Gasteiger partial charge in [-0.3, -0.25) is 0 Å². The molecule has 0 aliphatic rings. The Labute approximate surface area is 490 Å². The Bertz CT molecular complexity index is 2290. The lowest BCUT2D eigenvalue weighted by Crippen LogP contribution is -2.01. The van der Waals surface area contributed by atoms with E-state index < -0.39 is 0 Å². The van der Waals surface area contributed by atoms with Crippen LogP contribution >= 0.6 is 68.0 Å². The predicted octanol–water partition coefficient (Wildman–Crippen LogP) is 27.2. The van der Waals surface area contributed by atoms with Crippen LogP contribution in [0.5, 0.6) is 0 Å². The lowest BCUT2D eigenvalue weighted by atomic mass is 9.90. The van der Waals surface area contributed by atoms with Crippen molar-refractivity contribution in [3.8, 4) is 43.2 Å². The van der Waals surface area contributed by atoms with Gasteiger partial charge in [0.1, 0.15) is 0 Å². The highest BCUT2D eigenvalue weighted by Gasteiger charge is 2.24. The molecule has 0 saturated heterocycles. The average molecular weight is 1140 g/mol. The van der Waals surface area contributed by atoms with Gasteiger partial charge in [0.2, 0.25) is 0 Å². The molecule has 2 atom stereocenters. The Balaban J connectivity index is 1.19. The molecule has 6 heterocycles. The summed E-state index contributed by atoms with van der Waals surface area (Å²) in [7, 11) is 0. The first-order valence-corrected chi connectivity index (χ1v) is 37.2. The molecule has 76 heavy (non-hydrogen) atoms. The number of fused-ring (bicyclic) bond motifs is 3. The lowest BCUT2D eigenvalue weighted by Gasteiger charge is -2.16. The summed E-state index contributed by atoms with van der Waals surface area (Å²) in [5.41, 5.74) is 2.55. The van der Waals surface area contributed by atoms with E-state index in [1.54, 1.807) is 0 Å². The Morgan fingerprint density at radius 2 is 0.618 bits per heavy atom. The molecule has 0 N–H and O–H groups in total. The van der Waals surface area contributed by atoms with Crippen LogP contribution in [0, 0.1) is 35.5 Å². The fourth-order valence-electron chi connectivity index (χ4n) is 11.6. The topological polar surface area (TPSA) is 0 Å². The third-order valence-electron chi connectivity index (χ3n) is 16.4. The van der Waals surface area contributed by atoms with Crippen molar-refractivity contribution in [3.63, 3.8) is 0 Å². The van der Waals surface area contributed by atoms with Crippen LogP contribution in [0.2, 0.25) is 0 Å². The Hall–Kier alpha value is -1.90. The molecule has 0 radical (unpaired) electrons. The second kappa shape index (κ2) is 39.5. The van der Waals surface area contributed by atoms with Gasteiger partial charge in [0.05, 0.1) is 30.3 Å². The Kier molecular flexibility index (Phi) is 32.9. The molecule has 0 bridgehead atoms. The zero-order valence-electron chi connectivity index (χ0n) is 48.8. The SMILES string of the molecule is CCCCCCCCCCCC(CCC#Cc1c(-c2cc3sccc3s2)sc2c(C#CCCC(CCCCCCCCCC)CCCCCCCCCCC)c(-c3cc4sccc4s3)sc12)CCCCCCCCCC. The van der Waals surface area contributed by atoms with Crippen molar-refractivity contribution in [1.29, 1.82) is 0 Å². The zero-order chi connectivity index (χ0) is 53.1. The molecule has 6 aromatic heterocycles. The van der Waals surface area contributed by atoms with E-state index in [9.17, 15) is 0 Å². The van der Waals surface area contributed by atoms with Crippen LogP contribution in [0.15, 0.2) is 35.0 Å². The van der Waals surface area contributed by atoms with Crippen LogP contribution in [0.1, 0.15) is 308 Å². The van der Waals surface area contributed by atoms with Gasteiger partial charge in [-0.15, -0.1) is 68.0 Å². The summed E-state index contributed by atoms with van der Waals surface area (Å²) in [6.45, 7) is 9.31. The number of rotatable bonds is 44. The van der Waals surface area contributed by atoms with Crippen molar-refractivity contribution >= 4 is 96.2 Å². The first kappa shape index (κ1) is 63.3. The minimum absolute atomic E-state index is 0.804. The van der Waals surface area contributed by atoms with Crippen molar-refractivity contribution < 1.29 is 0 Å². The quantitative estimate of drug-likeness (QED) is 0.0264. The first-order valence-electron chi connectivity index (χ1n) is 32.1. The van der Waals surface area contributed by atoms with Crippen molar-refractivity contribution in [1.82, 2.24) is 0 Å². The van der Waals surface area contributed by atoms with Gasteiger partial charge in [-0.1, -0.05) is 295 Å². The highest BCUT2D eigenvalue weighted by molar-refractivity contribution is 7.36. The van der Waals surface area contributed by atoms with Gasteiger partial charge in [0.25, 0.3) is 0 Å². The molecule has 6 heteroatoms. The molecular formula is C70H104S6. The van der Waals surface area contributed by atoms with Crippen molar-refractivity contribution in [2.75, 3.05) is 0 Å². The second-order valence-corrected chi connectivity index (χ2v) is 29.1. The molecule has 0 amide bonds. The van der Waals surface area contributed by atoms with E-state index in [0.29, 0.717) is 0 Å². The van der Waals surface area contributed by atoms with E-state index in [4.69, 9.17) is 0 Å². The molecular weight excluding hydrogens is 1030 g/mol. The summed E-state index contributed by atoms with van der Waals surface area (Å²) in [5.74, 6) is 17.3. The molecule has 0 aliphatic carbocycles. The molecule has 6 rings (SSSR count). The summed E-state index contributed by atoms with van der Waals surface area (Å²) in [4.78, 5) is 5.52. The number of unbranched alkanes of at least 4 members (excludes halogenated alkanes) is 30. The van der Waals surface area contributed by atoms with E-state index in [0.717, 1.165) is 24.7 Å². The zero-order valence-corrected chi connectivity index (χ0v) is 53.7. The van der Waals surface area contributed by atoms with Crippen molar-refractivity contribution in [3.05, 3.63) is 46.2 Å². The summed E-state index contributed by atoms with van der Waals surface area (Å²) < 4.78 is 8.36. The van der Waals surface area contributed by atoms with E-state index in [-0.39, 0.29) is 0 Å². The van der Waals surface area contributed by atoms with E-state index in [1.165, 1.54) is 316 Å². The minimum Gasteiger partial charge on any atom is -0.143 e. The van der Waals surface area contributed by atoms with Crippen molar-refractivity contribution in [2.45, 2.75) is 297 Å². The maximum atomic E-state index is 3.95. The van der Waals surface area contributed by atoms with Crippen LogP contribution in [0.25, 0.3) is 47.7 Å². The van der Waals surface area contributed by atoms with E-state index >= 15 is 0 Å². The molecule has 2 unspecified atom stereocenters. The van der Waals surface area contributed by atoms with Crippen molar-refractivity contribution in [2.24, 2.45) is 11.8 Å². The number of thiophene rings is 6. The van der Waals surface area contributed by atoms with Crippen LogP contribution in [0.3, 0.4) is 0 Å². The molecule has 0 aliphatic heterocycles. The second-order valence-electron chi connectivity index (χ2n) is 23.0. The van der Waals surface area contributed by atoms with E-state index in [1.807, 2.05) is 68.0 Å². The maximum Gasteiger partial charge on any atom is 0.0634 e. The van der Waals surface area contributed by atoms with Gasteiger partial charge >= 0.3 is 0 Å². The van der Waals surface area contributed by atoms with Crippen LogP contribution in [0.4, 0.5) is 0 Å². The van der Waals surface area contributed by atoms with Gasteiger partial charge in [0.15, 0.2) is 0 Å². The molecule has 0 aromatic carbocycles. The predicted molar refractivity (Wildman–Crippen MR) is 354 cm³/mol. The van der Waals surface area contributed by atoms with Crippen LogP contribution in [-0.4, -0.2) is 0 Å². The summed E-state index contributed by atoms with van der Waals surface area (Å²) in [6.07, 6.45) is 58.0. The molecule has 0 fully saturated rings. The highest BCUT2D eigenvalue weighted by atomic mass is 32.1.